The van der Waals surface area contributed by atoms with Crippen LogP contribution in [0.5, 0.6) is 0 Å². The number of rotatable bonds is 2. The summed E-state index contributed by atoms with van der Waals surface area (Å²) in [6, 6.07) is 8.38. The van der Waals surface area contributed by atoms with Crippen LogP contribution in [0, 0.1) is 6.20 Å². The highest BCUT2D eigenvalue weighted by Gasteiger charge is 1.97. The van der Waals surface area contributed by atoms with E-state index in [1.165, 1.54) is 5.56 Å². The van der Waals surface area contributed by atoms with Crippen molar-refractivity contribution in [1.29, 1.82) is 0 Å². The molecule has 69 valence electrons. The minimum absolute atomic E-state index is 0.895. The van der Waals surface area contributed by atoms with Gasteiger partial charge in [-0.3, -0.25) is 9.97 Å². The van der Waals surface area contributed by atoms with E-state index in [9.17, 15) is 0 Å². The molecule has 2 heteroatoms. The van der Waals surface area contributed by atoms with E-state index in [0.29, 0.717) is 0 Å². The first-order chi connectivity index (χ1) is 6.90. The monoisotopic (exact) mass is 183 g/mol. The first kappa shape index (κ1) is 8.88. The molecule has 0 aliphatic carbocycles. The Morgan fingerprint density at radius 1 is 1.21 bits per heavy atom. The lowest BCUT2D eigenvalue weighted by atomic mass is 10.1. The van der Waals surface area contributed by atoms with E-state index in [-0.39, 0.29) is 0 Å². The Bertz CT molecular complexity index is 392. The van der Waals surface area contributed by atoms with Gasteiger partial charge in [-0.25, -0.2) is 0 Å². The molecular formula is C12H11N2. The molecule has 2 rings (SSSR count). The van der Waals surface area contributed by atoms with Crippen molar-refractivity contribution in [2.24, 2.45) is 0 Å². The zero-order chi connectivity index (χ0) is 9.80. The molecule has 0 saturated heterocycles. The van der Waals surface area contributed by atoms with Crippen molar-refractivity contribution in [3.63, 3.8) is 0 Å². The Kier molecular flexibility index (Phi) is 2.54. The fourth-order valence-electron chi connectivity index (χ4n) is 1.32. The van der Waals surface area contributed by atoms with Gasteiger partial charge in [0.15, 0.2) is 0 Å². The van der Waals surface area contributed by atoms with Crippen molar-refractivity contribution in [2.75, 3.05) is 0 Å². The summed E-state index contributed by atoms with van der Waals surface area (Å²) in [4.78, 5) is 8.10. The van der Waals surface area contributed by atoms with Crippen molar-refractivity contribution in [2.45, 2.75) is 13.3 Å². The number of benzene rings is 1. The molecule has 0 unspecified atom stereocenters. The maximum absolute atomic E-state index is 4.19. The minimum atomic E-state index is 0.895. The summed E-state index contributed by atoms with van der Waals surface area (Å²) in [5, 5.41) is 0. The van der Waals surface area contributed by atoms with Crippen molar-refractivity contribution in [3.8, 4) is 11.3 Å². The highest BCUT2D eigenvalue weighted by molar-refractivity contribution is 5.57. The van der Waals surface area contributed by atoms with E-state index in [4.69, 9.17) is 0 Å². The second kappa shape index (κ2) is 4.01. The molecule has 0 amide bonds. The molecule has 0 fully saturated rings. The topological polar surface area (TPSA) is 25.8 Å². The van der Waals surface area contributed by atoms with Crippen LogP contribution in [0.15, 0.2) is 36.7 Å². The van der Waals surface area contributed by atoms with Crippen LogP contribution in [0.25, 0.3) is 11.3 Å². The molecule has 1 aromatic heterocycles. The first-order valence-electron chi connectivity index (χ1n) is 4.67. The first-order valence-corrected chi connectivity index (χ1v) is 4.67. The smallest absolute Gasteiger partial charge is 0.109 e. The van der Waals surface area contributed by atoms with E-state index >= 15 is 0 Å². The van der Waals surface area contributed by atoms with Crippen molar-refractivity contribution < 1.29 is 0 Å². The average molecular weight is 183 g/mol. The van der Waals surface area contributed by atoms with Gasteiger partial charge in [0.2, 0.25) is 0 Å². The van der Waals surface area contributed by atoms with Gasteiger partial charge in [0.1, 0.15) is 6.20 Å². The van der Waals surface area contributed by atoms with Gasteiger partial charge in [0, 0.05) is 5.56 Å². The number of aromatic nitrogens is 2. The van der Waals surface area contributed by atoms with Gasteiger partial charge in [0.25, 0.3) is 0 Å². The van der Waals surface area contributed by atoms with Gasteiger partial charge in [-0.05, 0) is 12.0 Å². The molecule has 0 aliphatic rings. The summed E-state index contributed by atoms with van der Waals surface area (Å²) < 4.78 is 0. The van der Waals surface area contributed by atoms with Crippen LogP contribution in [0.3, 0.4) is 0 Å². The lowest BCUT2D eigenvalue weighted by molar-refractivity contribution is 1.14. The van der Waals surface area contributed by atoms with Gasteiger partial charge in [-0.2, -0.15) is 0 Å². The maximum Gasteiger partial charge on any atom is 0.109 e. The predicted molar refractivity (Wildman–Crippen MR) is 55.7 cm³/mol. The maximum atomic E-state index is 4.19. The number of hydrogen-bond donors (Lipinski definition) is 0. The normalized spacial score (nSPS) is 10.1. The van der Waals surface area contributed by atoms with Crippen LogP contribution in [0.2, 0.25) is 0 Å². The van der Waals surface area contributed by atoms with E-state index in [0.717, 1.165) is 17.7 Å². The molecule has 1 aromatic carbocycles. The van der Waals surface area contributed by atoms with Crippen LogP contribution in [-0.4, -0.2) is 9.97 Å². The zero-order valence-corrected chi connectivity index (χ0v) is 8.07. The predicted octanol–water partition coefficient (Wildman–Crippen LogP) is 2.51. The van der Waals surface area contributed by atoms with Gasteiger partial charge in [-0.15, -0.1) is 0 Å². The number of aryl methyl sites for hydroxylation is 1. The van der Waals surface area contributed by atoms with Crippen LogP contribution in [-0.2, 0) is 6.42 Å². The van der Waals surface area contributed by atoms with E-state index in [1.807, 2.05) is 0 Å². The highest BCUT2D eigenvalue weighted by atomic mass is 14.8. The molecule has 1 heterocycles. The third kappa shape index (κ3) is 1.79. The fraction of sp³-hybridized carbons (Fsp3) is 0.167. The van der Waals surface area contributed by atoms with Crippen molar-refractivity contribution in [3.05, 3.63) is 48.4 Å². The van der Waals surface area contributed by atoms with Crippen LogP contribution in [0.1, 0.15) is 12.5 Å². The summed E-state index contributed by atoms with van der Waals surface area (Å²) in [6.07, 6.45) is 7.04. The molecule has 0 bridgehead atoms. The Morgan fingerprint density at radius 2 is 2.00 bits per heavy atom. The summed E-state index contributed by atoms with van der Waals surface area (Å²) in [5.41, 5.74) is 3.33. The Balaban J connectivity index is 2.34. The molecular weight excluding hydrogens is 172 g/mol. The molecule has 0 aliphatic heterocycles. The Labute approximate surface area is 83.7 Å². The van der Waals surface area contributed by atoms with Crippen LogP contribution < -0.4 is 0 Å². The van der Waals surface area contributed by atoms with E-state index in [1.54, 1.807) is 12.4 Å². The quantitative estimate of drug-likeness (QED) is 0.715. The fourth-order valence-corrected chi connectivity index (χ4v) is 1.32. The van der Waals surface area contributed by atoms with Crippen LogP contribution in [0.4, 0.5) is 0 Å². The summed E-state index contributed by atoms with van der Waals surface area (Å²) in [5.74, 6) is 0. The van der Waals surface area contributed by atoms with Gasteiger partial charge in [-0.1, -0.05) is 31.2 Å². The second-order valence-corrected chi connectivity index (χ2v) is 3.08. The molecule has 1 radical (unpaired) electrons. The summed E-state index contributed by atoms with van der Waals surface area (Å²) in [7, 11) is 0. The lowest BCUT2D eigenvalue weighted by Gasteiger charge is -2.00. The van der Waals surface area contributed by atoms with Crippen molar-refractivity contribution in [1.82, 2.24) is 9.97 Å². The van der Waals surface area contributed by atoms with Gasteiger partial charge < -0.3 is 0 Å². The average Bonchev–Trinajstić information content (AvgIpc) is 2.30. The third-order valence-electron chi connectivity index (χ3n) is 2.18. The van der Waals surface area contributed by atoms with Crippen molar-refractivity contribution >= 4 is 0 Å². The molecule has 14 heavy (non-hydrogen) atoms. The van der Waals surface area contributed by atoms with E-state index < -0.39 is 0 Å². The van der Waals surface area contributed by atoms with Gasteiger partial charge >= 0.3 is 0 Å². The Hall–Kier alpha value is -1.70. The van der Waals surface area contributed by atoms with Crippen LogP contribution >= 0.6 is 0 Å². The molecule has 0 N–H and O–H groups in total. The summed E-state index contributed by atoms with van der Waals surface area (Å²) >= 11 is 0. The molecule has 2 nitrogen and oxygen atoms in total. The minimum Gasteiger partial charge on any atom is -0.252 e. The molecule has 2 aromatic rings. The number of hydrogen-bond acceptors (Lipinski definition) is 2. The zero-order valence-electron chi connectivity index (χ0n) is 8.07. The molecule has 0 spiro atoms. The Morgan fingerprint density at radius 3 is 2.57 bits per heavy atom. The highest BCUT2D eigenvalue weighted by Crippen LogP contribution is 2.15. The largest absolute Gasteiger partial charge is 0.252 e. The number of nitrogens with zero attached hydrogens (tertiary/aromatic N) is 2. The summed E-state index contributed by atoms with van der Waals surface area (Å²) in [6.45, 7) is 2.15. The lowest BCUT2D eigenvalue weighted by Crippen LogP contribution is -1.85. The van der Waals surface area contributed by atoms with E-state index in [2.05, 4.69) is 47.4 Å². The van der Waals surface area contributed by atoms with Gasteiger partial charge in [0.05, 0.1) is 18.1 Å². The second-order valence-electron chi connectivity index (χ2n) is 3.08. The third-order valence-corrected chi connectivity index (χ3v) is 2.18. The molecule has 0 atom stereocenters. The molecule has 0 saturated carbocycles. The standard InChI is InChI=1S/C12H11N2/c1-2-10-3-5-11(6-4-10)12-9-13-7-8-14-12/h3-6,8-9H,2H2,1H3. The SMILES string of the molecule is CCc1ccc(-c2cn[c]cn2)cc1.